The zero-order valence-corrected chi connectivity index (χ0v) is 9.92. The highest BCUT2D eigenvalue weighted by atomic mass is 32.2. The van der Waals surface area contributed by atoms with Crippen LogP contribution in [0.5, 0.6) is 0 Å². The molecule has 0 saturated heterocycles. The van der Waals surface area contributed by atoms with Gasteiger partial charge in [-0.2, -0.15) is 0 Å². The van der Waals surface area contributed by atoms with E-state index in [2.05, 4.69) is 6.58 Å². The Hall–Kier alpha value is -1.09. The highest BCUT2D eigenvalue weighted by Crippen LogP contribution is 2.22. The molecule has 0 bridgehead atoms. The Kier molecular flexibility index (Phi) is 3.69. The number of sulfone groups is 1. The van der Waals surface area contributed by atoms with E-state index in [0.717, 1.165) is 0 Å². The SMILES string of the molecule is C=C(C)C(CC)S(=O)(=O)c1ccccc1. The first-order valence-electron chi connectivity index (χ1n) is 4.94. The number of hydrogen-bond acceptors (Lipinski definition) is 2. The zero-order chi connectivity index (χ0) is 11.5. The van der Waals surface area contributed by atoms with Gasteiger partial charge in [0.05, 0.1) is 10.1 Å². The van der Waals surface area contributed by atoms with Crippen molar-refractivity contribution in [2.45, 2.75) is 30.4 Å². The first kappa shape index (κ1) is 12.0. The summed E-state index contributed by atoms with van der Waals surface area (Å²) in [5, 5.41) is -0.472. The van der Waals surface area contributed by atoms with Gasteiger partial charge in [-0.3, -0.25) is 0 Å². The summed E-state index contributed by atoms with van der Waals surface area (Å²) in [6.45, 7) is 7.36. The summed E-state index contributed by atoms with van der Waals surface area (Å²) in [6.07, 6.45) is 0.562. The molecule has 0 heterocycles. The summed E-state index contributed by atoms with van der Waals surface area (Å²) in [7, 11) is -3.25. The fourth-order valence-corrected chi connectivity index (χ4v) is 3.44. The van der Waals surface area contributed by atoms with Crippen LogP contribution in [0.25, 0.3) is 0 Å². The van der Waals surface area contributed by atoms with E-state index in [-0.39, 0.29) is 0 Å². The summed E-state index contributed by atoms with van der Waals surface area (Å²) < 4.78 is 24.3. The van der Waals surface area contributed by atoms with Gasteiger partial charge < -0.3 is 0 Å². The van der Waals surface area contributed by atoms with Gasteiger partial charge in [-0.15, -0.1) is 0 Å². The average Bonchev–Trinajstić information content (AvgIpc) is 2.19. The largest absolute Gasteiger partial charge is 0.223 e. The maximum Gasteiger partial charge on any atom is 0.185 e. The Morgan fingerprint density at radius 1 is 1.33 bits per heavy atom. The highest BCUT2D eigenvalue weighted by molar-refractivity contribution is 7.92. The van der Waals surface area contributed by atoms with Gasteiger partial charge in [0.1, 0.15) is 0 Å². The average molecular weight is 224 g/mol. The predicted molar refractivity (Wildman–Crippen MR) is 62.5 cm³/mol. The topological polar surface area (TPSA) is 34.1 Å². The molecule has 0 fully saturated rings. The Balaban J connectivity index is 3.19. The lowest BCUT2D eigenvalue weighted by molar-refractivity contribution is 0.584. The van der Waals surface area contributed by atoms with Crippen molar-refractivity contribution in [3.05, 3.63) is 42.5 Å². The minimum absolute atomic E-state index is 0.375. The van der Waals surface area contributed by atoms with Crippen molar-refractivity contribution in [2.24, 2.45) is 0 Å². The van der Waals surface area contributed by atoms with Crippen molar-refractivity contribution in [2.75, 3.05) is 0 Å². The van der Waals surface area contributed by atoms with Crippen LogP contribution in [0, 0.1) is 0 Å². The number of benzene rings is 1. The van der Waals surface area contributed by atoms with Crippen molar-refractivity contribution < 1.29 is 8.42 Å². The second-order valence-electron chi connectivity index (χ2n) is 3.60. The molecular formula is C12H16O2S. The molecule has 15 heavy (non-hydrogen) atoms. The van der Waals surface area contributed by atoms with Crippen LogP contribution >= 0.6 is 0 Å². The summed E-state index contributed by atoms with van der Waals surface area (Å²) in [5.74, 6) is 0. The lowest BCUT2D eigenvalue weighted by Crippen LogP contribution is -2.21. The molecule has 0 aliphatic heterocycles. The van der Waals surface area contributed by atoms with E-state index in [1.807, 2.05) is 6.92 Å². The smallest absolute Gasteiger partial charge is 0.185 e. The van der Waals surface area contributed by atoms with Crippen molar-refractivity contribution in [1.29, 1.82) is 0 Å². The lowest BCUT2D eigenvalue weighted by atomic mass is 10.2. The normalized spacial score (nSPS) is 13.5. The van der Waals surface area contributed by atoms with Crippen LogP contribution in [-0.2, 0) is 9.84 Å². The molecule has 0 amide bonds. The van der Waals surface area contributed by atoms with Crippen LogP contribution in [0.4, 0.5) is 0 Å². The van der Waals surface area contributed by atoms with Crippen LogP contribution in [-0.4, -0.2) is 13.7 Å². The van der Waals surface area contributed by atoms with E-state index in [4.69, 9.17) is 0 Å². The van der Waals surface area contributed by atoms with E-state index >= 15 is 0 Å². The molecule has 1 aromatic rings. The summed E-state index contributed by atoms with van der Waals surface area (Å²) in [6, 6.07) is 8.53. The molecule has 0 saturated carbocycles. The molecule has 0 spiro atoms. The molecule has 0 aliphatic carbocycles. The third kappa shape index (κ3) is 2.48. The Morgan fingerprint density at radius 2 is 1.87 bits per heavy atom. The summed E-state index contributed by atoms with van der Waals surface area (Å²) in [4.78, 5) is 0.375. The van der Waals surface area contributed by atoms with Crippen molar-refractivity contribution in [3.8, 4) is 0 Å². The first-order valence-corrected chi connectivity index (χ1v) is 6.49. The maximum absolute atomic E-state index is 12.1. The molecule has 1 rings (SSSR count). The number of rotatable bonds is 4. The third-order valence-corrected chi connectivity index (χ3v) is 4.78. The van der Waals surface area contributed by atoms with Crippen LogP contribution in [0.15, 0.2) is 47.4 Å². The minimum atomic E-state index is -3.25. The molecule has 3 heteroatoms. The molecule has 0 aliphatic rings. The summed E-state index contributed by atoms with van der Waals surface area (Å²) >= 11 is 0. The maximum atomic E-state index is 12.1. The van der Waals surface area contributed by atoms with E-state index in [9.17, 15) is 8.42 Å². The van der Waals surface area contributed by atoms with Gasteiger partial charge in [0.25, 0.3) is 0 Å². The summed E-state index contributed by atoms with van der Waals surface area (Å²) in [5.41, 5.74) is 0.696. The standard InChI is InChI=1S/C12H16O2S/c1-4-12(10(2)3)15(13,14)11-8-6-5-7-9-11/h5-9,12H,2,4H2,1,3H3. The highest BCUT2D eigenvalue weighted by Gasteiger charge is 2.25. The first-order chi connectivity index (χ1) is 7.00. The molecule has 1 unspecified atom stereocenters. The fraction of sp³-hybridized carbons (Fsp3) is 0.333. The zero-order valence-electron chi connectivity index (χ0n) is 9.10. The van der Waals surface area contributed by atoms with Gasteiger partial charge in [-0.25, -0.2) is 8.42 Å². The van der Waals surface area contributed by atoms with Crippen molar-refractivity contribution in [3.63, 3.8) is 0 Å². The van der Waals surface area contributed by atoms with Gasteiger partial charge in [-0.05, 0) is 25.5 Å². The molecule has 82 valence electrons. The molecular weight excluding hydrogens is 208 g/mol. The fourth-order valence-electron chi connectivity index (χ4n) is 1.61. The molecule has 1 aromatic carbocycles. The Morgan fingerprint density at radius 3 is 2.27 bits per heavy atom. The molecule has 2 nitrogen and oxygen atoms in total. The molecule has 0 N–H and O–H groups in total. The Labute approximate surface area is 91.6 Å². The third-order valence-electron chi connectivity index (χ3n) is 2.37. The van der Waals surface area contributed by atoms with Crippen molar-refractivity contribution in [1.82, 2.24) is 0 Å². The lowest BCUT2D eigenvalue weighted by Gasteiger charge is -2.15. The van der Waals surface area contributed by atoms with Crippen LogP contribution in [0.1, 0.15) is 20.3 Å². The second kappa shape index (κ2) is 4.62. The van der Waals surface area contributed by atoms with E-state index < -0.39 is 15.1 Å². The van der Waals surface area contributed by atoms with E-state index in [0.29, 0.717) is 16.9 Å². The van der Waals surface area contributed by atoms with Gasteiger partial charge in [-0.1, -0.05) is 37.3 Å². The van der Waals surface area contributed by atoms with Crippen LogP contribution in [0.3, 0.4) is 0 Å². The van der Waals surface area contributed by atoms with Crippen LogP contribution in [0.2, 0.25) is 0 Å². The van der Waals surface area contributed by atoms with E-state index in [1.54, 1.807) is 37.3 Å². The van der Waals surface area contributed by atoms with Crippen LogP contribution < -0.4 is 0 Å². The quantitative estimate of drug-likeness (QED) is 0.737. The Bertz CT molecular complexity index is 432. The predicted octanol–water partition coefficient (Wildman–Crippen LogP) is 2.82. The minimum Gasteiger partial charge on any atom is -0.223 e. The second-order valence-corrected chi connectivity index (χ2v) is 5.73. The van der Waals surface area contributed by atoms with Gasteiger partial charge in [0, 0.05) is 0 Å². The number of hydrogen-bond donors (Lipinski definition) is 0. The molecule has 1 atom stereocenters. The monoisotopic (exact) mass is 224 g/mol. The molecule has 0 radical (unpaired) electrons. The van der Waals surface area contributed by atoms with Gasteiger partial charge >= 0.3 is 0 Å². The van der Waals surface area contributed by atoms with E-state index in [1.165, 1.54) is 0 Å². The molecule has 0 aromatic heterocycles. The van der Waals surface area contributed by atoms with Gasteiger partial charge in [0.2, 0.25) is 0 Å². The van der Waals surface area contributed by atoms with Crippen molar-refractivity contribution >= 4 is 9.84 Å². The van der Waals surface area contributed by atoms with Gasteiger partial charge in [0.15, 0.2) is 9.84 Å².